The van der Waals surface area contributed by atoms with Crippen LogP contribution >= 0.6 is 11.9 Å². The van der Waals surface area contributed by atoms with Crippen LogP contribution in [0.3, 0.4) is 0 Å². The van der Waals surface area contributed by atoms with Gasteiger partial charge in [-0.05, 0) is 36.7 Å². The summed E-state index contributed by atoms with van der Waals surface area (Å²) in [5.41, 5.74) is 9.13. The first kappa shape index (κ1) is 20.8. The number of hydrogen-bond donors (Lipinski definition) is 2. The minimum atomic E-state index is 0.285. The molecule has 1 aliphatic rings. The lowest BCUT2D eigenvalue weighted by molar-refractivity contribution is 0.429. The molecule has 0 atom stereocenters. The number of hydrogen-bond acceptors (Lipinski definition) is 8. The van der Waals surface area contributed by atoms with Crippen LogP contribution < -0.4 is 10.6 Å². The van der Waals surface area contributed by atoms with Crippen LogP contribution in [0.25, 0.3) is 6.08 Å². The van der Waals surface area contributed by atoms with Gasteiger partial charge in [0, 0.05) is 49.7 Å². The Labute approximate surface area is 175 Å². The fraction of sp³-hybridized carbons (Fsp3) is 0.238. The highest BCUT2D eigenvalue weighted by atomic mass is 32.2. The SMILES string of the molecule is C=N/C=C\C=C\c1ccc(N)c(C(=N)c2cc(N3CCN(SC)CC3)ncn2)c1. The summed E-state index contributed by atoms with van der Waals surface area (Å²) in [6, 6.07) is 7.48. The van der Waals surface area contributed by atoms with E-state index in [1.54, 1.807) is 24.2 Å². The Hall–Kier alpha value is -2.97. The Morgan fingerprint density at radius 3 is 2.72 bits per heavy atom. The molecule has 0 bridgehead atoms. The molecular formula is C21H25N7S. The minimum absolute atomic E-state index is 0.285. The van der Waals surface area contributed by atoms with Gasteiger partial charge in [-0.3, -0.25) is 10.4 Å². The number of aliphatic imine (C=N–C) groups is 1. The Morgan fingerprint density at radius 2 is 2.00 bits per heavy atom. The van der Waals surface area contributed by atoms with Crippen LogP contribution in [0.1, 0.15) is 16.8 Å². The summed E-state index contributed by atoms with van der Waals surface area (Å²) >= 11 is 1.77. The number of nitrogens with two attached hydrogens (primary N) is 1. The van der Waals surface area contributed by atoms with E-state index in [-0.39, 0.29) is 5.71 Å². The highest BCUT2D eigenvalue weighted by Gasteiger charge is 2.19. The molecule has 1 fully saturated rings. The molecule has 7 nitrogen and oxygen atoms in total. The van der Waals surface area contributed by atoms with Gasteiger partial charge in [-0.1, -0.05) is 30.2 Å². The van der Waals surface area contributed by atoms with Crippen molar-refractivity contribution in [2.24, 2.45) is 4.99 Å². The Bertz CT molecular complexity index is 930. The molecule has 0 unspecified atom stereocenters. The van der Waals surface area contributed by atoms with E-state index in [4.69, 9.17) is 11.1 Å². The fourth-order valence-corrected chi connectivity index (χ4v) is 3.59. The highest BCUT2D eigenvalue weighted by Crippen LogP contribution is 2.21. The van der Waals surface area contributed by atoms with Gasteiger partial charge in [0.25, 0.3) is 0 Å². The lowest BCUT2D eigenvalue weighted by Crippen LogP contribution is -2.43. The van der Waals surface area contributed by atoms with E-state index in [2.05, 4.69) is 37.1 Å². The summed E-state index contributed by atoms with van der Waals surface area (Å²) < 4.78 is 2.33. The summed E-state index contributed by atoms with van der Waals surface area (Å²) in [7, 11) is 0. The van der Waals surface area contributed by atoms with Crippen LogP contribution in [0, 0.1) is 5.41 Å². The van der Waals surface area contributed by atoms with Gasteiger partial charge in [-0.15, -0.1) is 0 Å². The zero-order chi connectivity index (χ0) is 20.6. The van der Waals surface area contributed by atoms with Crippen molar-refractivity contribution in [3.63, 3.8) is 0 Å². The maximum absolute atomic E-state index is 8.66. The predicted molar refractivity (Wildman–Crippen MR) is 124 cm³/mol. The van der Waals surface area contributed by atoms with Crippen LogP contribution in [0.2, 0.25) is 0 Å². The maximum Gasteiger partial charge on any atom is 0.132 e. The van der Waals surface area contributed by atoms with E-state index in [0.717, 1.165) is 37.6 Å². The summed E-state index contributed by atoms with van der Waals surface area (Å²) in [4.78, 5) is 14.6. The molecule has 2 aromatic rings. The van der Waals surface area contributed by atoms with Crippen LogP contribution in [-0.2, 0) is 0 Å². The molecule has 8 heteroatoms. The van der Waals surface area contributed by atoms with Crippen molar-refractivity contribution < 1.29 is 0 Å². The van der Waals surface area contributed by atoms with Gasteiger partial charge in [0.2, 0.25) is 0 Å². The molecule has 0 amide bonds. The van der Waals surface area contributed by atoms with Crippen molar-refractivity contribution in [2.45, 2.75) is 0 Å². The second-order valence-electron chi connectivity index (χ2n) is 6.46. The van der Waals surface area contributed by atoms with Gasteiger partial charge in [0.05, 0.1) is 11.4 Å². The number of nitrogen functional groups attached to an aromatic ring is 1. The monoisotopic (exact) mass is 407 g/mol. The number of anilines is 2. The van der Waals surface area contributed by atoms with Crippen LogP contribution in [0.15, 0.2) is 53.9 Å². The van der Waals surface area contributed by atoms with Gasteiger partial charge in [0.1, 0.15) is 12.1 Å². The first-order valence-corrected chi connectivity index (χ1v) is 10.4. The second kappa shape index (κ2) is 9.99. The topological polar surface area (TPSA) is 94.5 Å². The highest BCUT2D eigenvalue weighted by molar-refractivity contribution is 7.96. The first-order valence-electron chi connectivity index (χ1n) is 9.26. The predicted octanol–water partition coefficient (Wildman–Crippen LogP) is 3.10. The van der Waals surface area contributed by atoms with Crippen LogP contribution in [0.4, 0.5) is 11.5 Å². The van der Waals surface area contributed by atoms with E-state index >= 15 is 0 Å². The smallest absolute Gasteiger partial charge is 0.132 e. The van der Waals surface area contributed by atoms with Crippen molar-refractivity contribution in [1.82, 2.24) is 14.3 Å². The van der Waals surface area contributed by atoms with Gasteiger partial charge in [-0.2, -0.15) is 0 Å². The Morgan fingerprint density at radius 1 is 1.21 bits per heavy atom. The molecule has 3 rings (SSSR count). The molecule has 1 aliphatic heterocycles. The summed E-state index contributed by atoms with van der Waals surface area (Å²) in [6.07, 6.45) is 10.8. The maximum atomic E-state index is 8.66. The van der Waals surface area contributed by atoms with Crippen LogP contribution in [0.5, 0.6) is 0 Å². The fourth-order valence-electron chi connectivity index (χ4n) is 3.07. The van der Waals surface area contributed by atoms with Gasteiger partial charge < -0.3 is 10.6 Å². The zero-order valence-corrected chi connectivity index (χ0v) is 17.3. The molecular weight excluding hydrogens is 382 g/mol. The molecule has 0 saturated carbocycles. The molecule has 150 valence electrons. The standard InChI is InChI=1S/C21H25N7S/c1-24-8-4-3-5-16-6-7-18(22)17(13-16)21(23)19-14-20(26-15-25-19)27-9-11-28(29-2)12-10-27/h3-8,13-15,23H,1,9-12,22H2,2H3/b5-3+,8-4-,23-21?. The normalized spacial score (nSPS) is 15.3. The van der Waals surface area contributed by atoms with E-state index in [0.29, 0.717) is 16.9 Å². The summed E-state index contributed by atoms with van der Waals surface area (Å²) in [5.74, 6) is 0.845. The third-order valence-corrected chi connectivity index (χ3v) is 5.55. The first-order chi connectivity index (χ1) is 14.1. The van der Waals surface area contributed by atoms with Crippen molar-refractivity contribution in [3.8, 4) is 0 Å². The zero-order valence-electron chi connectivity index (χ0n) is 16.5. The lowest BCUT2D eigenvalue weighted by Gasteiger charge is -2.33. The van der Waals surface area contributed by atoms with Gasteiger partial charge in [0.15, 0.2) is 0 Å². The van der Waals surface area contributed by atoms with E-state index in [1.807, 2.05) is 36.4 Å². The molecule has 1 aromatic carbocycles. The largest absolute Gasteiger partial charge is 0.398 e. The number of aromatic nitrogens is 2. The molecule has 29 heavy (non-hydrogen) atoms. The van der Waals surface area contributed by atoms with Gasteiger partial charge >= 0.3 is 0 Å². The number of allylic oxidation sites excluding steroid dienone is 2. The third kappa shape index (κ3) is 5.30. The van der Waals surface area contributed by atoms with Crippen molar-refractivity contribution in [3.05, 3.63) is 65.8 Å². The number of piperazine rings is 1. The van der Waals surface area contributed by atoms with Crippen molar-refractivity contribution in [1.29, 1.82) is 5.41 Å². The third-order valence-electron chi connectivity index (χ3n) is 4.67. The average Bonchev–Trinajstić information content (AvgIpc) is 2.77. The minimum Gasteiger partial charge on any atom is -0.398 e. The van der Waals surface area contributed by atoms with E-state index in [9.17, 15) is 0 Å². The van der Waals surface area contributed by atoms with Crippen molar-refractivity contribution in [2.75, 3.05) is 43.1 Å². The Kier molecular flexibility index (Phi) is 7.15. The number of nitrogens with one attached hydrogen (secondary N) is 1. The summed E-state index contributed by atoms with van der Waals surface area (Å²) in [6.45, 7) is 7.17. The molecule has 2 heterocycles. The van der Waals surface area contributed by atoms with Gasteiger partial charge in [-0.25, -0.2) is 14.3 Å². The molecule has 0 aliphatic carbocycles. The molecule has 0 radical (unpaired) electrons. The number of rotatable bonds is 7. The van der Waals surface area contributed by atoms with Crippen LogP contribution in [-0.4, -0.2) is 59.1 Å². The molecule has 0 spiro atoms. The summed E-state index contributed by atoms with van der Waals surface area (Å²) in [5, 5.41) is 8.66. The quantitative estimate of drug-likeness (QED) is 0.317. The number of benzene rings is 1. The number of nitrogens with zero attached hydrogens (tertiary/aromatic N) is 5. The van der Waals surface area contributed by atoms with Crippen molar-refractivity contribution >= 4 is 42.0 Å². The lowest BCUT2D eigenvalue weighted by atomic mass is 10.0. The second-order valence-corrected chi connectivity index (χ2v) is 7.35. The molecule has 1 aromatic heterocycles. The molecule has 1 saturated heterocycles. The molecule has 3 N–H and O–H groups in total. The average molecular weight is 408 g/mol. The Balaban J connectivity index is 1.81. The van der Waals surface area contributed by atoms with E-state index in [1.165, 1.54) is 6.33 Å². The van der Waals surface area contributed by atoms with E-state index < -0.39 is 0 Å².